The highest BCUT2D eigenvalue weighted by Crippen LogP contribution is 2.32. The third kappa shape index (κ3) is 1.73. The molecule has 0 saturated heterocycles. The molecule has 1 aromatic carbocycles. The van der Waals surface area contributed by atoms with E-state index in [0.717, 1.165) is 12.0 Å². The summed E-state index contributed by atoms with van der Waals surface area (Å²) >= 11 is 0. The monoisotopic (exact) mass is 217 g/mol. The molecule has 0 saturated carbocycles. The first-order valence-electron chi connectivity index (χ1n) is 6.02. The molecule has 2 nitrogen and oxygen atoms in total. The molecule has 2 heteroatoms. The third-order valence-corrected chi connectivity index (χ3v) is 3.35. The largest absolute Gasteiger partial charge is 0.356 e. The molecule has 1 atom stereocenters. The van der Waals surface area contributed by atoms with E-state index in [1.807, 2.05) is 6.20 Å². The average Bonchev–Trinajstić information content (AvgIpc) is 2.75. The van der Waals surface area contributed by atoms with Crippen LogP contribution in [0.1, 0.15) is 57.1 Å². The van der Waals surface area contributed by atoms with Gasteiger partial charge in [0, 0.05) is 10.9 Å². The van der Waals surface area contributed by atoms with Gasteiger partial charge < -0.3 is 4.52 Å². The van der Waals surface area contributed by atoms with Gasteiger partial charge in [-0.05, 0) is 23.8 Å². The van der Waals surface area contributed by atoms with E-state index < -0.39 is 0 Å². The summed E-state index contributed by atoms with van der Waals surface area (Å²) in [5, 5.41) is 5.12. The van der Waals surface area contributed by atoms with Crippen LogP contribution in [-0.2, 0) is 0 Å². The van der Waals surface area contributed by atoms with Crippen LogP contribution in [0.3, 0.4) is 0 Å². The van der Waals surface area contributed by atoms with E-state index in [9.17, 15) is 0 Å². The fourth-order valence-corrected chi connectivity index (χ4v) is 2.11. The number of hydrogen-bond donors (Lipinski definition) is 0. The summed E-state index contributed by atoms with van der Waals surface area (Å²) in [5.74, 6) is 1.03. The average molecular weight is 217 g/mol. The van der Waals surface area contributed by atoms with Crippen LogP contribution in [0.4, 0.5) is 0 Å². The molecule has 1 unspecified atom stereocenters. The zero-order valence-corrected chi connectivity index (χ0v) is 10.4. The van der Waals surface area contributed by atoms with Gasteiger partial charge >= 0.3 is 0 Å². The molecule has 0 radical (unpaired) electrons. The van der Waals surface area contributed by atoms with Gasteiger partial charge in [0.15, 0.2) is 5.58 Å². The first-order valence-corrected chi connectivity index (χ1v) is 6.02. The normalized spacial score (nSPS) is 13.6. The number of benzene rings is 1. The van der Waals surface area contributed by atoms with Crippen molar-refractivity contribution in [2.75, 3.05) is 0 Å². The molecule has 2 aromatic rings. The second-order valence-corrected chi connectivity index (χ2v) is 4.78. The quantitative estimate of drug-likeness (QED) is 0.758. The van der Waals surface area contributed by atoms with Gasteiger partial charge in [-0.3, -0.25) is 0 Å². The van der Waals surface area contributed by atoms with Crippen molar-refractivity contribution in [3.05, 3.63) is 29.5 Å². The number of rotatable bonds is 3. The second-order valence-electron chi connectivity index (χ2n) is 4.78. The summed E-state index contributed by atoms with van der Waals surface area (Å²) in [6.07, 6.45) is 2.97. The summed E-state index contributed by atoms with van der Waals surface area (Å²) in [7, 11) is 0. The van der Waals surface area contributed by atoms with Crippen LogP contribution in [0.25, 0.3) is 11.0 Å². The minimum absolute atomic E-state index is 0.507. The Morgan fingerprint density at radius 1 is 1.19 bits per heavy atom. The minimum atomic E-state index is 0.507. The van der Waals surface area contributed by atoms with E-state index in [0.29, 0.717) is 11.8 Å². The van der Waals surface area contributed by atoms with Crippen LogP contribution in [0.5, 0.6) is 0 Å². The van der Waals surface area contributed by atoms with E-state index >= 15 is 0 Å². The van der Waals surface area contributed by atoms with Crippen LogP contribution in [0.15, 0.2) is 22.9 Å². The van der Waals surface area contributed by atoms with E-state index in [1.165, 1.54) is 16.5 Å². The Hall–Kier alpha value is -1.31. The summed E-state index contributed by atoms with van der Waals surface area (Å²) in [4.78, 5) is 0. The van der Waals surface area contributed by atoms with Crippen molar-refractivity contribution in [1.82, 2.24) is 5.16 Å². The van der Waals surface area contributed by atoms with E-state index in [-0.39, 0.29) is 0 Å². The van der Waals surface area contributed by atoms with Crippen molar-refractivity contribution in [2.45, 2.75) is 46.0 Å². The van der Waals surface area contributed by atoms with E-state index in [4.69, 9.17) is 4.52 Å². The van der Waals surface area contributed by atoms with Crippen LogP contribution >= 0.6 is 0 Å². The smallest absolute Gasteiger partial charge is 0.170 e. The highest BCUT2D eigenvalue weighted by molar-refractivity contribution is 5.83. The lowest BCUT2D eigenvalue weighted by Crippen LogP contribution is -1.95. The molecule has 0 aliphatic rings. The highest BCUT2D eigenvalue weighted by Gasteiger charge is 2.15. The first-order chi connectivity index (χ1) is 7.65. The fourth-order valence-electron chi connectivity index (χ4n) is 2.11. The van der Waals surface area contributed by atoms with Gasteiger partial charge in [0.1, 0.15) is 0 Å². The summed E-state index contributed by atoms with van der Waals surface area (Å²) < 4.78 is 5.41. The summed E-state index contributed by atoms with van der Waals surface area (Å²) in [6.45, 7) is 8.82. The lowest BCUT2D eigenvalue weighted by Gasteiger charge is -2.12. The highest BCUT2D eigenvalue weighted by atomic mass is 16.5. The van der Waals surface area contributed by atoms with Gasteiger partial charge in [-0.1, -0.05) is 45.0 Å². The number of aromatic nitrogens is 1. The molecule has 2 rings (SSSR count). The Labute approximate surface area is 96.6 Å². The molecule has 0 amide bonds. The first kappa shape index (κ1) is 11.2. The van der Waals surface area contributed by atoms with Crippen LogP contribution in [0, 0.1) is 0 Å². The third-order valence-electron chi connectivity index (χ3n) is 3.35. The lowest BCUT2D eigenvalue weighted by atomic mass is 9.92. The molecule has 1 heterocycles. The van der Waals surface area contributed by atoms with Gasteiger partial charge in [0.05, 0.1) is 6.20 Å². The Morgan fingerprint density at radius 3 is 2.50 bits per heavy atom. The van der Waals surface area contributed by atoms with E-state index in [1.54, 1.807) is 0 Å². The predicted molar refractivity (Wildman–Crippen MR) is 66.8 cm³/mol. The van der Waals surface area contributed by atoms with Crippen LogP contribution < -0.4 is 0 Å². The van der Waals surface area contributed by atoms with Crippen molar-refractivity contribution in [2.24, 2.45) is 0 Å². The maximum Gasteiger partial charge on any atom is 0.170 e. The van der Waals surface area contributed by atoms with Gasteiger partial charge in [-0.2, -0.15) is 0 Å². The summed E-state index contributed by atoms with van der Waals surface area (Å²) in [5.41, 5.74) is 3.57. The van der Waals surface area contributed by atoms with Gasteiger partial charge in [0.25, 0.3) is 0 Å². The molecule has 0 aliphatic carbocycles. The Bertz CT molecular complexity index is 484. The molecule has 86 valence electrons. The van der Waals surface area contributed by atoms with Gasteiger partial charge in [-0.25, -0.2) is 0 Å². The van der Waals surface area contributed by atoms with Crippen molar-refractivity contribution < 1.29 is 4.52 Å². The Balaban J connectivity index is 2.63. The maximum absolute atomic E-state index is 5.41. The number of nitrogens with zero attached hydrogens (tertiary/aromatic N) is 1. The SMILES string of the molecule is CCC(C)c1ccc(C(C)C)c2cnoc12. The Kier molecular flexibility index (Phi) is 2.99. The molecule has 0 aliphatic heterocycles. The van der Waals surface area contributed by atoms with Crippen molar-refractivity contribution in [1.29, 1.82) is 0 Å². The van der Waals surface area contributed by atoms with Crippen molar-refractivity contribution in [3.63, 3.8) is 0 Å². The zero-order valence-electron chi connectivity index (χ0n) is 10.4. The predicted octanol–water partition coefficient (Wildman–Crippen LogP) is 4.46. The second kappa shape index (κ2) is 4.28. The van der Waals surface area contributed by atoms with Crippen LogP contribution in [0.2, 0.25) is 0 Å². The Morgan fingerprint density at radius 2 is 1.88 bits per heavy atom. The lowest BCUT2D eigenvalue weighted by molar-refractivity contribution is 0.452. The van der Waals surface area contributed by atoms with Crippen molar-refractivity contribution >= 4 is 11.0 Å². The van der Waals surface area contributed by atoms with Gasteiger partial charge in [0.2, 0.25) is 0 Å². The molecule has 0 bridgehead atoms. The van der Waals surface area contributed by atoms with E-state index in [2.05, 4.69) is 45.0 Å². The number of hydrogen-bond acceptors (Lipinski definition) is 2. The summed E-state index contributed by atoms with van der Waals surface area (Å²) in [6, 6.07) is 4.41. The topological polar surface area (TPSA) is 26.0 Å². The van der Waals surface area contributed by atoms with Gasteiger partial charge in [-0.15, -0.1) is 0 Å². The minimum Gasteiger partial charge on any atom is -0.356 e. The van der Waals surface area contributed by atoms with Crippen molar-refractivity contribution in [3.8, 4) is 0 Å². The molecule has 1 aromatic heterocycles. The fraction of sp³-hybridized carbons (Fsp3) is 0.500. The molecular weight excluding hydrogens is 198 g/mol. The molecule has 16 heavy (non-hydrogen) atoms. The standard InChI is InChI=1S/C14H19NO/c1-5-10(4)12-7-6-11(9(2)3)13-8-15-16-14(12)13/h6-10H,5H2,1-4H3. The molecular formula is C14H19NO. The molecule has 0 N–H and O–H groups in total. The maximum atomic E-state index is 5.41. The van der Waals surface area contributed by atoms with Crippen LogP contribution in [-0.4, -0.2) is 5.16 Å². The molecule has 0 spiro atoms. The number of fused-ring (bicyclic) bond motifs is 1. The zero-order chi connectivity index (χ0) is 11.7. The molecule has 0 fully saturated rings.